The lowest BCUT2D eigenvalue weighted by molar-refractivity contribution is -0.164. The molecule has 1 saturated carbocycles. The fourth-order valence-corrected chi connectivity index (χ4v) is 3.02. The number of benzene rings is 1. The Hall–Kier alpha value is -1.49. The van der Waals surface area contributed by atoms with E-state index in [4.69, 9.17) is 9.47 Å². The van der Waals surface area contributed by atoms with Crippen molar-refractivity contribution in [1.29, 1.82) is 0 Å². The smallest absolute Gasteiger partial charge is 0.312 e. The van der Waals surface area contributed by atoms with Gasteiger partial charge in [-0.05, 0) is 30.5 Å². The average molecular weight is 268 g/mol. The number of hydrogen-bond acceptors (Lipinski definition) is 3. The number of halogens is 2. The molecule has 102 valence electrons. The maximum atomic E-state index is 13.4. The minimum atomic E-state index is -0.899. The van der Waals surface area contributed by atoms with E-state index in [9.17, 15) is 13.6 Å². The van der Waals surface area contributed by atoms with Gasteiger partial charge in [0.2, 0.25) is 0 Å². The van der Waals surface area contributed by atoms with Gasteiger partial charge in [-0.15, -0.1) is 0 Å². The number of carbonyl (C=O) groups excluding carboxylic acids is 1. The van der Waals surface area contributed by atoms with E-state index >= 15 is 0 Å². The van der Waals surface area contributed by atoms with Gasteiger partial charge < -0.3 is 9.47 Å². The molecule has 1 aromatic rings. The van der Waals surface area contributed by atoms with Gasteiger partial charge in [-0.1, -0.05) is 6.07 Å². The molecular weight excluding hydrogens is 254 g/mol. The Balaban J connectivity index is 2.04. The molecule has 1 aliphatic carbocycles. The van der Waals surface area contributed by atoms with E-state index in [0.29, 0.717) is 31.6 Å². The molecule has 0 atom stereocenters. The fourth-order valence-electron chi connectivity index (χ4n) is 3.02. The lowest BCUT2D eigenvalue weighted by Crippen LogP contribution is -2.56. The maximum Gasteiger partial charge on any atom is 0.312 e. The van der Waals surface area contributed by atoms with Gasteiger partial charge in [-0.2, -0.15) is 0 Å². The molecule has 1 saturated heterocycles. The Labute approximate surface area is 109 Å². The lowest BCUT2D eigenvalue weighted by Gasteiger charge is -2.47. The first kappa shape index (κ1) is 12.5. The second kappa shape index (κ2) is 4.00. The summed E-state index contributed by atoms with van der Waals surface area (Å²) in [6.07, 6.45) is 1.39. The number of hydrogen-bond donors (Lipinski definition) is 0. The highest BCUT2D eigenvalue weighted by molar-refractivity contribution is 5.82. The first-order chi connectivity index (χ1) is 9.06. The first-order valence-corrected chi connectivity index (χ1v) is 6.17. The normalized spacial score (nSPS) is 22.5. The number of methoxy groups -OCH3 is 1. The van der Waals surface area contributed by atoms with Crippen LogP contribution in [0.5, 0.6) is 0 Å². The molecule has 19 heavy (non-hydrogen) atoms. The van der Waals surface area contributed by atoms with Gasteiger partial charge in [-0.3, -0.25) is 4.79 Å². The Morgan fingerprint density at radius 2 is 1.95 bits per heavy atom. The van der Waals surface area contributed by atoms with Crippen molar-refractivity contribution in [2.24, 2.45) is 5.41 Å². The summed E-state index contributed by atoms with van der Waals surface area (Å²) in [6.45, 7) is 0.681. The molecular formula is C14H14F2O3. The molecule has 1 heterocycles. The molecule has 3 nitrogen and oxygen atoms in total. The predicted molar refractivity (Wildman–Crippen MR) is 62.5 cm³/mol. The first-order valence-electron chi connectivity index (χ1n) is 6.17. The van der Waals surface area contributed by atoms with Crippen LogP contribution in [0.25, 0.3) is 0 Å². The van der Waals surface area contributed by atoms with Crippen LogP contribution >= 0.6 is 0 Å². The summed E-state index contributed by atoms with van der Waals surface area (Å²) in [5.74, 6) is -2.08. The minimum Gasteiger partial charge on any atom is -0.469 e. The van der Waals surface area contributed by atoms with Gasteiger partial charge in [0.15, 0.2) is 11.6 Å². The van der Waals surface area contributed by atoms with E-state index in [1.807, 2.05) is 0 Å². The summed E-state index contributed by atoms with van der Waals surface area (Å²) in [5.41, 5.74) is -0.598. The van der Waals surface area contributed by atoms with Crippen molar-refractivity contribution in [2.45, 2.75) is 18.3 Å². The largest absolute Gasteiger partial charge is 0.469 e. The van der Waals surface area contributed by atoms with Crippen LogP contribution in [0.3, 0.4) is 0 Å². The van der Waals surface area contributed by atoms with Crippen LogP contribution in [0.1, 0.15) is 18.4 Å². The third kappa shape index (κ3) is 1.54. The van der Waals surface area contributed by atoms with E-state index in [2.05, 4.69) is 0 Å². The highest BCUT2D eigenvalue weighted by Crippen LogP contribution is 2.63. The van der Waals surface area contributed by atoms with E-state index in [1.54, 1.807) is 0 Å². The summed E-state index contributed by atoms with van der Waals surface area (Å²) in [4.78, 5) is 12.0. The quantitative estimate of drug-likeness (QED) is 0.788. The summed E-state index contributed by atoms with van der Waals surface area (Å²) in [7, 11) is 1.35. The van der Waals surface area contributed by atoms with Crippen LogP contribution in [-0.4, -0.2) is 26.3 Å². The third-order valence-corrected chi connectivity index (χ3v) is 4.41. The topological polar surface area (TPSA) is 35.5 Å². The van der Waals surface area contributed by atoms with E-state index in [0.717, 1.165) is 6.07 Å². The summed E-state index contributed by atoms with van der Waals surface area (Å²) >= 11 is 0. The SMILES string of the molecule is COC(=O)C1(C2(c3ccc(F)c(F)c3)COC2)CC1. The molecule has 0 aromatic heterocycles. The highest BCUT2D eigenvalue weighted by atomic mass is 19.2. The van der Waals surface area contributed by atoms with Crippen molar-refractivity contribution < 1.29 is 23.0 Å². The molecule has 0 spiro atoms. The zero-order valence-electron chi connectivity index (χ0n) is 10.5. The molecule has 1 aromatic carbocycles. The molecule has 1 aliphatic heterocycles. The number of esters is 1. The van der Waals surface area contributed by atoms with Crippen LogP contribution in [0.4, 0.5) is 8.78 Å². The fraction of sp³-hybridized carbons (Fsp3) is 0.500. The van der Waals surface area contributed by atoms with Crippen molar-refractivity contribution >= 4 is 5.97 Å². The Morgan fingerprint density at radius 1 is 1.26 bits per heavy atom. The van der Waals surface area contributed by atoms with E-state index in [-0.39, 0.29) is 5.97 Å². The van der Waals surface area contributed by atoms with E-state index < -0.39 is 22.5 Å². The maximum absolute atomic E-state index is 13.4. The van der Waals surface area contributed by atoms with E-state index in [1.165, 1.54) is 19.2 Å². The molecule has 3 rings (SSSR count). The molecule has 0 N–H and O–H groups in total. The van der Waals surface area contributed by atoms with Crippen molar-refractivity contribution in [3.8, 4) is 0 Å². The molecule has 0 radical (unpaired) electrons. The summed E-state index contributed by atoms with van der Waals surface area (Å²) in [6, 6.07) is 3.79. The van der Waals surface area contributed by atoms with Crippen LogP contribution in [0, 0.1) is 17.0 Å². The van der Waals surface area contributed by atoms with Gasteiger partial charge in [0.25, 0.3) is 0 Å². The molecule has 0 unspecified atom stereocenters. The molecule has 2 fully saturated rings. The summed E-state index contributed by atoms with van der Waals surface area (Å²) in [5, 5.41) is 0. The predicted octanol–water partition coefficient (Wildman–Crippen LogP) is 2.19. The van der Waals surface area contributed by atoms with Crippen molar-refractivity contribution in [3.63, 3.8) is 0 Å². The Kier molecular flexibility index (Phi) is 2.64. The second-order valence-electron chi connectivity index (χ2n) is 5.28. The Morgan fingerprint density at radius 3 is 2.37 bits per heavy atom. The minimum absolute atomic E-state index is 0.291. The molecule has 0 bridgehead atoms. The molecule has 5 heteroatoms. The average Bonchev–Trinajstić information content (AvgIpc) is 3.13. The highest BCUT2D eigenvalue weighted by Gasteiger charge is 2.68. The monoisotopic (exact) mass is 268 g/mol. The molecule has 2 aliphatic rings. The lowest BCUT2D eigenvalue weighted by atomic mass is 9.66. The van der Waals surface area contributed by atoms with Gasteiger partial charge in [0, 0.05) is 0 Å². The van der Waals surface area contributed by atoms with Crippen molar-refractivity contribution in [3.05, 3.63) is 35.4 Å². The zero-order chi connectivity index (χ0) is 13.7. The third-order valence-electron chi connectivity index (χ3n) is 4.41. The molecule has 0 amide bonds. The van der Waals surface area contributed by atoms with Crippen LogP contribution in [-0.2, 0) is 19.7 Å². The van der Waals surface area contributed by atoms with Crippen LogP contribution in [0.15, 0.2) is 18.2 Å². The van der Waals surface area contributed by atoms with Gasteiger partial charge >= 0.3 is 5.97 Å². The van der Waals surface area contributed by atoms with Crippen molar-refractivity contribution in [2.75, 3.05) is 20.3 Å². The van der Waals surface area contributed by atoms with Gasteiger partial charge in [0.1, 0.15) is 0 Å². The standard InChI is InChI=1S/C14H14F2O3/c1-18-12(17)13(4-5-13)14(7-19-8-14)9-2-3-10(15)11(16)6-9/h2-3,6H,4-5,7-8H2,1H3. The number of ether oxygens (including phenoxy) is 2. The second-order valence-corrected chi connectivity index (χ2v) is 5.28. The number of rotatable bonds is 3. The van der Waals surface area contributed by atoms with Gasteiger partial charge in [0.05, 0.1) is 31.2 Å². The summed E-state index contributed by atoms with van der Waals surface area (Å²) < 4.78 is 36.6. The number of carbonyl (C=O) groups is 1. The van der Waals surface area contributed by atoms with Crippen LogP contribution < -0.4 is 0 Å². The Bertz CT molecular complexity index is 533. The van der Waals surface area contributed by atoms with Crippen molar-refractivity contribution in [1.82, 2.24) is 0 Å². The van der Waals surface area contributed by atoms with Gasteiger partial charge in [-0.25, -0.2) is 8.78 Å². The zero-order valence-corrected chi connectivity index (χ0v) is 10.5. The van der Waals surface area contributed by atoms with Crippen LogP contribution in [0.2, 0.25) is 0 Å².